The lowest BCUT2D eigenvalue weighted by Gasteiger charge is -2.10. The molecular formula is C16H10ClNO3. The fraction of sp³-hybridized carbons (Fsp3) is 0. The van der Waals surface area contributed by atoms with Crippen LogP contribution < -0.4 is 4.74 Å². The highest BCUT2D eigenvalue weighted by molar-refractivity contribution is 6.29. The number of hydrogen-bond acceptors (Lipinski definition) is 3. The Bertz CT molecular complexity index is 827. The van der Waals surface area contributed by atoms with E-state index in [1.54, 1.807) is 6.07 Å². The smallest absolute Gasteiger partial charge is 0.341 e. The Hall–Kier alpha value is -2.59. The summed E-state index contributed by atoms with van der Waals surface area (Å²) in [4.78, 5) is 15.2. The van der Waals surface area contributed by atoms with E-state index in [1.807, 2.05) is 36.4 Å². The predicted octanol–water partition coefficient (Wildman–Crippen LogP) is 4.38. The maximum absolute atomic E-state index is 11.2. The molecule has 0 aliphatic heterocycles. The predicted molar refractivity (Wildman–Crippen MR) is 80.2 cm³/mol. The number of aromatic nitrogens is 1. The minimum Gasteiger partial charge on any atom is -0.477 e. The number of ether oxygens (including phenoxy) is 1. The number of aromatic carboxylic acids is 1. The molecule has 0 spiro atoms. The van der Waals surface area contributed by atoms with Crippen molar-refractivity contribution in [3.05, 3.63) is 65.3 Å². The van der Waals surface area contributed by atoms with Gasteiger partial charge in [0, 0.05) is 5.39 Å². The highest BCUT2D eigenvalue weighted by atomic mass is 35.5. The molecule has 0 saturated carbocycles. The summed E-state index contributed by atoms with van der Waals surface area (Å²) in [6.07, 6.45) is 0. The van der Waals surface area contributed by atoms with Crippen molar-refractivity contribution in [3.63, 3.8) is 0 Å². The quantitative estimate of drug-likeness (QED) is 0.729. The number of nitrogens with zero attached hydrogens (tertiary/aromatic N) is 1. The first-order valence-corrected chi connectivity index (χ1v) is 6.58. The summed E-state index contributed by atoms with van der Waals surface area (Å²) in [6, 6.07) is 16.0. The minimum atomic E-state index is -1.12. The Balaban J connectivity index is 2.11. The van der Waals surface area contributed by atoms with E-state index in [0.717, 1.165) is 10.8 Å². The van der Waals surface area contributed by atoms with E-state index < -0.39 is 5.97 Å². The van der Waals surface area contributed by atoms with Gasteiger partial charge in [-0.1, -0.05) is 48.0 Å². The van der Waals surface area contributed by atoms with Crippen LogP contribution in [0.15, 0.2) is 54.6 Å². The number of hydrogen-bond donors (Lipinski definition) is 1. The van der Waals surface area contributed by atoms with Crippen molar-refractivity contribution in [1.29, 1.82) is 0 Å². The van der Waals surface area contributed by atoms with Gasteiger partial charge < -0.3 is 9.84 Å². The van der Waals surface area contributed by atoms with Crippen LogP contribution >= 0.6 is 11.6 Å². The van der Waals surface area contributed by atoms with E-state index in [-0.39, 0.29) is 16.6 Å². The average molecular weight is 300 g/mol. The van der Waals surface area contributed by atoms with Crippen LogP contribution in [0.4, 0.5) is 0 Å². The van der Waals surface area contributed by atoms with Crippen molar-refractivity contribution in [2.24, 2.45) is 0 Å². The van der Waals surface area contributed by atoms with Gasteiger partial charge in [0.1, 0.15) is 16.5 Å². The Morgan fingerprint density at radius 2 is 1.81 bits per heavy atom. The van der Waals surface area contributed by atoms with Crippen LogP contribution in [-0.2, 0) is 0 Å². The third kappa shape index (κ3) is 2.66. The zero-order valence-electron chi connectivity index (χ0n) is 10.8. The van der Waals surface area contributed by atoms with E-state index in [2.05, 4.69) is 4.98 Å². The van der Waals surface area contributed by atoms with Crippen molar-refractivity contribution in [2.75, 3.05) is 0 Å². The van der Waals surface area contributed by atoms with Crippen LogP contribution in [0.25, 0.3) is 10.8 Å². The minimum absolute atomic E-state index is 0.0219. The molecule has 3 aromatic rings. The van der Waals surface area contributed by atoms with Gasteiger partial charge in [-0.2, -0.15) is 0 Å². The van der Waals surface area contributed by atoms with Crippen LogP contribution in [0.2, 0.25) is 5.15 Å². The molecule has 0 radical (unpaired) electrons. The summed E-state index contributed by atoms with van der Waals surface area (Å²) in [7, 11) is 0. The van der Waals surface area contributed by atoms with Gasteiger partial charge >= 0.3 is 5.97 Å². The van der Waals surface area contributed by atoms with Gasteiger partial charge in [0.15, 0.2) is 0 Å². The topological polar surface area (TPSA) is 59.4 Å². The number of halogens is 1. The maximum Gasteiger partial charge on any atom is 0.341 e. The van der Waals surface area contributed by atoms with Crippen LogP contribution in [-0.4, -0.2) is 16.1 Å². The van der Waals surface area contributed by atoms with Crippen LogP contribution in [0.1, 0.15) is 10.4 Å². The number of rotatable bonds is 3. The number of benzene rings is 2. The molecule has 0 unspecified atom stereocenters. The second-order valence-corrected chi connectivity index (χ2v) is 4.76. The van der Waals surface area contributed by atoms with E-state index in [0.29, 0.717) is 5.75 Å². The Morgan fingerprint density at radius 3 is 2.62 bits per heavy atom. The Labute approximate surface area is 125 Å². The zero-order valence-corrected chi connectivity index (χ0v) is 11.5. The number of fused-ring (bicyclic) bond motifs is 1. The maximum atomic E-state index is 11.2. The zero-order chi connectivity index (χ0) is 14.8. The molecule has 2 aromatic carbocycles. The molecule has 21 heavy (non-hydrogen) atoms. The molecule has 4 nitrogen and oxygen atoms in total. The van der Waals surface area contributed by atoms with Crippen LogP contribution in [0, 0.1) is 0 Å². The van der Waals surface area contributed by atoms with E-state index >= 15 is 0 Å². The summed E-state index contributed by atoms with van der Waals surface area (Å²) in [5.74, 6) is -0.605. The molecule has 0 amide bonds. The standard InChI is InChI=1S/C16H10ClNO3/c17-14-9-8-12(16(19)20)15(18-14)21-13-7-3-5-10-4-1-2-6-11(10)13/h1-9H,(H,19,20). The van der Waals surface area contributed by atoms with Crippen molar-refractivity contribution < 1.29 is 14.6 Å². The molecular weight excluding hydrogens is 290 g/mol. The lowest BCUT2D eigenvalue weighted by atomic mass is 10.1. The molecule has 0 fully saturated rings. The van der Waals surface area contributed by atoms with Crippen molar-refractivity contribution in [3.8, 4) is 11.6 Å². The first-order valence-electron chi connectivity index (χ1n) is 6.20. The fourth-order valence-electron chi connectivity index (χ4n) is 2.05. The molecule has 0 bridgehead atoms. The normalized spacial score (nSPS) is 10.5. The van der Waals surface area contributed by atoms with Gasteiger partial charge in [-0.3, -0.25) is 0 Å². The van der Waals surface area contributed by atoms with E-state index in [4.69, 9.17) is 16.3 Å². The first kappa shape index (κ1) is 13.4. The van der Waals surface area contributed by atoms with E-state index in [9.17, 15) is 9.90 Å². The van der Waals surface area contributed by atoms with Gasteiger partial charge in [-0.25, -0.2) is 9.78 Å². The third-order valence-electron chi connectivity index (χ3n) is 3.01. The number of carbonyl (C=O) groups is 1. The van der Waals surface area contributed by atoms with Crippen molar-refractivity contribution in [1.82, 2.24) is 4.98 Å². The van der Waals surface area contributed by atoms with Crippen molar-refractivity contribution >= 4 is 28.3 Å². The molecule has 0 atom stereocenters. The highest BCUT2D eigenvalue weighted by Gasteiger charge is 2.15. The monoisotopic (exact) mass is 299 g/mol. The van der Waals surface area contributed by atoms with Crippen LogP contribution in [0.3, 0.4) is 0 Å². The van der Waals surface area contributed by atoms with Gasteiger partial charge in [-0.05, 0) is 23.6 Å². The van der Waals surface area contributed by atoms with Gasteiger partial charge in [0.25, 0.3) is 0 Å². The molecule has 0 aliphatic carbocycles. The SMILES string of the molecule is O=C(O)c1ccc(Cl)nc1Oc1cccc2ccccc12. The first-order chi connectivity index (χ1) is 10.1. The summed E-state index contributed by atoms with van der Waals surface area (Å²) in [5.41, 5.74) is -0.0349. The summed E-state index contributed by atoms with van der Waals surface area (Å²) in [6.45, 7) is 0. The average Bonchev–Trinajstić information content (AvgIpc) is 2.47. The number of carboxylic acids is 1. The fourth-order valence-corrected chi connectivity index (χ4v) is 2.19. The van der Waals surface area contributed by atoms with E-state index in [1.165, 1.54) is 12.1 Å². The summed E-state index contributed by atoms with van der Waals surface area (Å²) >= 11 is 5.82. The second-order valence-electron chi connectivity index (χ2n) is 4.37. The van der Waals surface area contributed by atoms with Gasteiger partial charge in [0.05, 0.1) is 0 Å². The molecule has 1 N–H and O–H groups in total. The summed E-state index contributed by atoms with van der Waals surface area (Å²) < 4.78 is 5.69. The second kappa shape index (κ2) is 5.42. The Morgan fingerprint density at radius 1 is 1.05 bits per heavy atom. The molecule has 0 saturated heterocycles. The lowest BCUT2D eigenvalue weighted by Crippen LogP contribution is -2.02. The molecule has 3 rings (SSSR count). The van der Waals surface area contributed by atoms with Crippen molar-refractivity contribution in [2.45, 2.75) is 0 Å². The van der Waals surface area contributed by atoms with Gasteiger partial charge in [-0.15, -0.1) is 0 Å². The van der Waals surface area contributed by atoms with Gasteiger partial charge in [0.2, 0.25) is 5.88 Å². The summed E-state index contributed by atoms with van der Waals surface area (Å²) in [5, 5.41) is 11.2. The molecule has 1 aromatic heterocycles. The highest BCUT2D eigenvalue weighted by Crippen LogP contribution is 2.31. The molecule has 5 heteroatoms. The largest absolute Gasteiger partial charge is 0.477 e. The number of carboxylic acid groups (broad SMARTS) is 1. The third-order valence-corrected chi connectivity index (χ3v) is 3.22. The number of pyridine rings is 1. The lowest BCUT2D eigenvalue weighted by molar-refractivity contribution is 0.0693. The Kier molecular flexibility index (Phi) is 3.46. The molecule has 104 valence electrons. The molecule has 0 aliphatic rings. The van der Waals surface area contributed by atoms with Crippen LogP contribution in [0.5, 0.6) is 11.6 Å². The molecule has 1 heterocycles.